The lowest BCUT2D eigenvalue weighted by atomic mass is 9.97. The van der Waals surface area contributed by atoms with Gasteiger partial charge in [0.25, 0.3) is 0 Å². The smallest absolute Gasteiger partial charge is 0.339 e. The number of hydrogen-bond acceptors (Lipinski definition) is 5. The maximum atomic E-state index is 12.6. The van der Waals surface area contributed by atoms with E-state index in [0.29, 0.717) is 12.2 Å². The molecular weight excluding hydrogens is 364 g/mol. The van der Waals surface area contributed by atoms with Gasteiger partial charge in [-0.1, -0.05) is 19.4 Å². The molecule has 0 spiro atoms. The molecule has 0 radical (unpaired) electrons. The van der Waals surface area contributed by atoms with E-state index in [4.69, 9.17) is 9.47 Å². The predicted molar refractivity (Wildman–Crippen MR) is 118 cm³/mol. The van der Waals surface area contributed by atoms with Gasteiger partial charge in [-0.15, -0.1) is 0 Å². The van der Waals surface area contributed by atoms with Crippen LogP contribution in [0, 0.1) is 0 Å². The van der Waals surface area contributed by atoms with Gasteiger partial charge in [0.15, 0.2) is 6.10 Å². The zero-order valence-corrected chi connectivity index (χ0v) is 18.2. The van der Waals surface area contributed by atoms with Crippen LogP contribution in [0.1, 0.15) is 61.2 Å². The third-order valence-electron chi connectivity index (χ3n) is 5.44. The molecule has 3 rings (SSSR count). The Morgan fingerprint density at radius 1 is 0.966 bits per heavy atom. The van der Waals surface area contributed by atoms with E-state index in [1.165, 1.54) is 0 Å². The Hall–Kier alpha value is -2.69. The largest absolute Gasteiger partial charge is 0.493 e. The van der Waals surface area contributed by atoms with Crippen molar-refractivity contribution < 1.29 is 14.3 Å². The molecule has 0 saturated carbocycles. The van der Waals surface area contributed by atoms with E-state index in [1.54, 1.807) is 0 Å². The molecule has 1 heterocycles. The van der Waals surface area contributed by atoms with Crippen molar-refractivity contribution >= 4 is 17.3 Å². The van der Waals surface area contributed by atoms with E-state index in [-0.39, 0.29) is 5.97 Å². The number of carbonyl (C=O) groups is 1. The molecule has 0 fully saturated rings. The molecule has 1 unspecified atom stereocenters. The van der Waals surface area contributed by atoms with Crippen LogP contribution >= 0.6 is 0 Å². The number of unbranched alkanes of at least 4 members (excludes halogenated alkanes) is 1. The maximum Gasteiger partial charge on any atom is 0.339 e. The Balaban J connectivity index is 2.00. The minimum atomic E-state index is -0.434. The number of esters is 1. The minimum absolute atomic E-state index is 0.277. The fourth-order valence-electron chi connectivity index (χ4n) is 3.67. The van der Waals surface area contributed by atoms with Gasteiger partial charge in [-0.05, 0) is 44.5 Å². The summed E-state index contributed by atoms with van der Waals surface area (Å²) in [5.74, 6) is 0.520. The lowest BCUT2D eigenvalue weighted by Crippen LogP contribution is -2.22. The van der Waals surface area contributed by atoms with Crippen LogP contribution in [0.5, 0.6) is 5.75 Å². The number of anilines is 2. The highest BCUT2D eigenvalue weighted by Gasteiger charge is 2.34. The highest BCUT2D eigenvalue weighted by molar-refractivity contribution is 5.95. The topological polar surface area (TPSA) is 42.0 Å². The number of carbonyl (C=O) groups excluding carboxylic acids is 1. The predicted octanol–water partition coefficient (Wildman–Crippen LogP) is 5.04. The quantitative estimate of drug-likeness (QED) is 0.439. The molecule has 1 aliphatic rings. The second kappa shape index (κ2) is 9.21. The highest BCUT2D eigenvalue weighted by atomic mass is 16.6. The first kappa shape index (κ1) is 21.0. The average Bonchev–Trinajstić information content (AvgIpc) is 3.05. The van der Waals surface area contributed by atoms with E-state index in [2.05, 4.69) is 37.8 Å². The van der Waals surface area contributed by atoms with Crippen molar-refractivity contribution in [2.75, 3.05) is 43.6 Å². The molecule has 0 N–H and O–H groups in total. The van der Waals surface area contributed by atoms with Gasteiger partial charge in [-0.25, -0.2) is 4.79 Å². The molecule has 1 atom stereocenters. The molecule has 29 heavy (non-hydrogen) atoms. The van der Waals surface area contributed by atoms with Gasteiger partial charge in [-0.3, -0.25) is 0 Å². The van der Waals surface area contributed by atoms with Crippen LogP contribution in [0.3, 0.4) is 0 Å². The molecule has 0 amide bonds. The lowest BCUT2D eigenvalue weighted by Gasteiger charge is -2.24. The first-order valence-electron chi connectivity index (χ1n) is 10.5. The maximum absolute atomic E-state index is 12.6. The van der Waals surface area contributed by atoms with E-state index < -0.39 is 6.10 Å². The van der Waals surface area contributed by atoms with Crippen LogP contribution < -0.4 is 14.5 Å². The molecule has 0 bridgehead atoms. The molecule has 0 saturated heterocycles. The SMILES string of the molecule is CCCCOc1cc(N(CC)CC)ccc1C1OC(=O)c2cc(N(C)C)ccc21. The Morgan fingerprint density at radius 3 is 2.31 bits per heavy atom. The van der Waals surface area contributed by atoms with Crippen LogP contribution in [-0.2, 0) is 4.74 Å². The third-order valence-corrected chi connectivity index (χ3v) is 5.44. The second-order valence-electron chi connectivity index (χ2n) is 7.55. The standard InChI is InChI=1S/C24H32N2O3/c1-6-9-14-28-22-16-18(26(7-2)8-3)11-13-20(22)23-19-12-10-17(25(4)5)15-21(19)24(27)29-23/h10-13,15-16,23H,6-9,14H2,1-5H3. The minimum Gasteiger partial charge on any atom is -0.493 e. The summed E-state index contributed by atoms with van der Waals surface area (Å²) in [7, 11) is 3.93. The molecule has 156 valence electrons. The summed E-state index contributed by atoms with van der Waals surface area (Å²) >= 11 is 0. The number of cyclic esters (lactones) is 1. The lowest BCUT2D eigenvalue weighted by molar-refractivity contribution is 0.0451. The fraction of sp³-hybridized carbons (Fsp3) is 0.458. The van der Waals surface area contributed by atoms with Crippen molar-refractivity contribution in [3.05, 3.63) is 53.1 Å². The van der Waals surface area contributed by atoms with Gasteiger partial charge in [-0.2, -0.15) is 0 Å². The molecule has 5 heteroatoms. The van der Waals surface area contributed by atoms with Gasteiger partial charge in [0, 0.05) is 55.8 Å². The highest BCUT2D eigenvalue weighted by Crippen LogP contribution is 2.42. The molecular formula is C24H32N2O3. The number of benzene rings is 2. The van der Waals surface area contributed by atoms with Crippen LogP contribution in [0.4, 0.5) is 11.4 Å². The van der Waals surface area contributed by atoms with Crippen LogP contribution in [0.25, 0.3) is 0 Å². The van der Waals surface area contributed by atoms with Gasteiger partial charge in [0.2, 0.25) is 0 Å². The number of nitrogens with zero attached hydrogens (tertiary/aromatic N) is 2. The first-order valence-corrected chi connectivity index (χ1v) is 10.5. The van der Waals surface area contributed by atoms with Gasteiger partial charge in [0.1, 0.15) is 5.75 Å². The number of ether oxygens (including phenoxy) is 2. The van der Waals surface area contributed by atoms with Crippen molar-refractivity contribution in [1.82, 2.24) is 0 Å². The Bertz CT molecular complexity index is 859. The summed E-state index contributed by atoms with van der Waals surface area (Å²) in [6.07, 6.45) is 1.62. The monoisotopic (exact) mass is 396 g/mol. The van der Waals surface area contributed by atoms with Gasteiger partial charge < -0.3 is 19.3 Å². The molecule has 5 nitrogen and oxygen atoms in total. The summed E-state index contributed by atoms with van der Waals surface area (Å²) in [5.41, 5.74) is 4.54. The third kappa shape index (κ3) is 4.34. The van der Waals surface area contributed by atoms with Crippen LogP contribution in [0.2, 0.25) is 0 Å². The molecule has 0 aliphatic carbocycles. The van der Waals surface area contributed by atoms with Crippen molar-refractivity contribution in [1.29, 1.82) is 0 Å². The number of hydrogen-bond donors (Lipinski definition) is 0. The zero-order chi connectivity index (χ0) is 21.0. The number of rotatable bonds is 9. The van der Waals surface area contributed by atoms with Crippen molar-refractivity contribution in [3.63, 3.8) is 0 Å². The molecule has 2 aromatic rings. The number of fused-ring (bicyclic) bond motifs is 1. The van der Waals surface area contributed by atoms with E-state index in [9.17, 15) is 4.79 Å². The first-order chi connectivity index (χ1) is 14.0. The summed E-state index contributed by atoms with van der Waals surface area (Å²) < 4.78 is 12.0. The fourth-order valence-corrected chi connectivity index (χ4v) is 3.67. The van der Waals surface area contributed by atoms with E-state index in [0.717, 1.165) is 54.2 Å². The second-order valence-corrected chi connectivity index (χ2v) is 7.55. The van der Waals surface area contributed by atoms with Crippen molar-refractivity contribution in [2.24, 2.45) is 0 Å². The summed E-state index contributed by atoms with van der Waals surface area (Å²) in [5, 5.41) is 0. The summed E-state index contributed by atoms with van der Waals surface area (Å²) in [6, 6.07) is 12.1. The van der Waals surface area contributed by atoms with Gasteiger partial charge >= 0.3 is 5.97 Å². The Morgan fingerprint density at radius 2 is 1.66 bits per heavy atom. The zero-order valence-electron chi connectivity index (χ0n) is 18.2. The van der Waals surface area contributed by atoms with Crippen molar-refractivity contribution in [3.8, 4) is 5.75 Å². The summed E-state index contributed by atoms with van der Waals surface area (Å²) in [4.78, 5) is 16.8. The summed E-state index contributed by atoms with van der Waals surface area (Å²) in [6.45, 7) is 8.95. The molecule has 2 aromatic carbocycles. The Kier molecular flexibility index (Phi) is 6.68. The average molecular weight is 397 g/mol. The van der Waals surface area contributed by atoms with Gasteiger partial charge in [0.05, 0.1) is 12.2 Å². The normalized spacial score (nSPS) is 15.1. The van der Waals surface area contributed by atoms with E-state index in [1.807, 2.05) is 43.3 Å². The van der Waals surface area contributed by atoms with E-state index >= 15 is 0 Å². The van der Waals surface area contributed by atoms with Crippen LogP contribution in [0.15, 0.2) is 36.4 Å². The molecule has 0 aromatic heterocycles. The van der Waals surface area contributed by atoms with Crippen molar-refractivity contribution in [2.45, 2.75) is 39.7 Å². The Labute approximate surface area is 174 Å². The van der Waals surface area contributed by atoms with Crippen LogP contribution in [-0.4, -0.2) is 39.8 Å². The molecule has 1 aliphatic heterocycles.